The molecule has 3 aliphatic heterocycles. The fourth-order valence-electron chi connectivity index (χ4n) is 4.23. The maximum atomic E-state index is 10.9. The van der Waals surface area contributed by atoms with Gasteiger partial charge in [0.15, 0.2) is 18.9 Å². The zero-order chi connectivity index (χ0) is 26.7. The molecule has 0 bridgehead atoms. The summed E-state index contributed by atoms with van der Waals surface area (Å²) in [7, 11) is 0. The highest BCUT2D eigenvalue weighted by Gasteiger charge is 2.51. The summed E-state index contributed by atoms with van der Waals surface area (Å²) in [5, 5.41) is 100. The summed E-state index contributed by atoms with van der Waals surface area (Å²) in [6.07, 6.45) is -23.5. The standard InChI is InChI=1S/C20H36O16/c1-2-31-19-16(30)17(36-20-15(29)13(27)10(24)7(4-22)34-20)11(25)8(35-19)5-32-18-14(28)12(26)9(23)6(3-21)33-18/h6-30H,2-5H2,1H3/t6-,7-,8-,9-,10-,11-,12+,13+,14+,15+,16+,17+,18+,19+,20-/m1/s1. The largest absolute Gasteiger partial charge is 0.394 e. The second-order valence-electron chi connectivity index (χ2n) is 8.81. The van der Waals surface area contributed by atoms with Crippen LogP contribution in [0.15, 0.2) is 0 Å². The van der Waals surface area contributed by atoms with Gasteiger partial charge in [-0.1, -0.05) is 0 Å². The van der Waals surface area contributed by atoms with E-state index in [9.17, 15) is 51.1 Å². The van der Waals surface area contributed by atoms with Crippen LogP contribution in [0.3, 0.4) is 0 Å². The number of aliphatic hydroxyl groups is 10. The van der Waals surface area contributed by atoms with E-state index in [1.807, 2.05) is 0 Å². The molecule has 15 atom stereocenters. The van der Waals surface area contributed by atoms with Crippen LogP contribution in [0.1, 0.15) is 6.92 Å². The van der Waals surface area contributed by atoms with Gasteiger partial charge in [0.2, 0.25) is 0 Å². The lowest BCUT2D eigenvalue weighted by atomic mass is 9.96. The van der Waals surface area contributed by atoms with Crippen LogP contribution in [-0.4, -0.2) is 170 Å². The van der Waals surface area contributed by atoms with Crippen molar-refractivity contribution in [3.8, 4) is 0 Å². The maximum absolute atomic E-state index is 10.9. The average Bonchev–Trinajstić information content (AvgIpc) is 2.87. The first-order valence-corrected chi connectivity index (χ1v) is 11.6. The molecule has 0 spiro atoms. The van der Waals surface area contributed by atoms with Crippen LogP contribution in [-0.2, 0) is 28.4 Å². The van der Waals surface area contributed by atoms with Crippen molar-refractivity contribution in [2.24, 2.45) is 0 Å². The van der Waals surface area contributed by atoms with Gasteiger partial charge in [-0.25, -0.2) is 0 Å². The zero-order valence-electron chi connectivity index (χ0n) is 19.4. The Bertz CT molecular complexity index is 668. The van der Waals surface area contributed by atoms with Crippen LogP contribution in [0.4, 0.5) is 0 Å². The van der Waals surface area contributed by atoms with Gasteiger partial charge in [0.05, 0.1) is 19.8 Å². The highest BCUT2D eigenvalue weighted by Crippen LogP contribution is 2.30. The summed E-state index contributed by atoms with van der Waals surface area (Å²) >= 11 is 0. The summed E-state index contributed by atoms with van der Waals surface area (Å²) in [5.41, 5.74) is 0. The highest BCUT2D eigenvalue weighted by atomic mass is 16.7. The monoisotopic (exact) mass is 532 g/mol. The molecule has 212 valence electrons. The smallest absolute Gasteiger partial charge is 0.187 e. The third-order valence-electron chi connectivity index (χ3n) is 6.39. The SMILES string of the molecule is CCO[C@H]1O[C@H](CO[C@H]2O[C@H](CO)[C@@H](O)[C@H](O)[C@@H]2O)[C@@H](O)[C@H](O[C@H]2O[C@H](CO)[C@@H](O)[C@H](O)[C@@H]2O)[C@@H]1O. The summed E-state index contributed by atoms with van der Waals surface area (Å²) in [4.78, 5) is 0. The van der Waals surface area contributed by atoms with E-state index < -0.39 is 112 Å². The van der Waals surface area contributed by atoms with Gasteiger partial charge in [0.1, 0.15) is 73.2 Å². The first-order valence-electron chi connectivity index (χ1n) is 11.6. The minimum Gasteiger partial charge on any atom is -0.394 e. The number of aliphatic hydroxyl groups excluding tert-OH is 10. The Labute approximate surface area is 205 Å². The fraction of sp³-hybridized carbons (Fsp3) is 1.00. The molecule has 3 saturated heterocycles. The molecule has 3 aliphatic rings. The average molecular weight is 532 g/mol. The van der Waals surface area contributed by atoms with E-state index in [1.54, 1.807) is 6.92 Å². The normalized spacial score (nSPS) is 50.2. The first-order chi connectivity index (χ1) is 17.0. The third-order valence-corrected chi connectivity index (χ3v) is 6.39. The van der Waals surface area contributed by atoms with Crippen LogP contribution < -0.4 is 0 Å². The van der Waals surface area contributed by atoms with Gasteiger partial charge in [0.25, 0.3) is 0 Å². The lowest BCUT2D eigenvalue weighted by Crippen LogP contribution is -2.65. The van der Waals surface area contributed by atoms with Gasteiger partial charge in [-0.2, -0.15) is 0 Å². The van der Waals surface area contributed by atoms with Crippen LogP contribution >= 0.6 is 0 Å². The lowest BCUT2D eigenvalue weighted by molar-refractivity contribution is -0.365. The maximum Gasteiger partial charge on any atom is 0.187 e. The Morgan fingerprint density at radius 1 is 0.528 bits per heavy atom. The number of hydrogen-bond donors (Lipinski definition) is 10. The molecule has 3 heterocycles. The van der Waals surface area contributed by atoms with E-state index >= 15 is 0 Å². The molecule has 0 amide bonds. The van der Waals surface area contributed by atoms with E-state index in [4.69, 9.17) is 28.4 Å². The van der Waals surface area contributed by atoms with Crippen molar-refractivity contribution in [3.63, 3.8) is 0 Å². The Morgan fingerprint density at radius 3 is 1.53 bits per heavy atom. The molecule has 0 saturated carbocycles. The van der Waals surface area contributed by atoms with Crippen molar-refractivity contribution < 1.29 is 79.5 Å². The second kappa shape index (κ2) is 12.9. The van der Waals surface area contributed by atoms with Gasteiger partial charge in [-0.15, -0.1) is 0 Å². The molecule has 3 fully saturated rings. The molecule has 0 unspecified atom stereocenters. The van der Waals surface area contributed by atoms with E-state index in [0.717, 1.165) is 0 Å². The number of rotatable bonds is 9. The lowest BCUT2D eigenvalue weighted by Gasteiger charge is -2.46. The van der Waals surface area contributed by atoms with E-state index in [-0.39, 0.29) is 6.61 Å². The molecular formula is C20H36O16. The first kappa shape index (κ1) is 29.9. The molecule has 0 aromatic heterocycles. The van der Waals surface area contributed by atoms with Gasteiger partial charge in [-0.3, -0.25) is 0 Å². The molecule has 0 aromatic carbocycles. The van der Waals surface area contributed by atoms with Gasteiger partial charge >= 0.3 is 0 Å². The number of hydrogen-bond acceptors (Lipinski definition) is 16. The Balaban J connectivity index is 1.71. The van der Waals surface area contributed by atoms with Crippen LogP contribution in [0.25, 0.3) is 0 Å². The molecule has 0 aliphatic carbocycles. The quantitative estimate of drug-likeness (QED) is 0.132. The zero-order valence-corrected chi connectivity index (χ0v) is 19.4. The topological polar surface area (TPSA) is 258 Å². The summed E-state index contributed by atoms with van der Waals surface area (Å²) in [6, 6.07) is 0. The molecule has 10 N–H and O–H groups in total. The number of ether oxygens (including phenoxy) is 6. The third kappa shape index (κ3) is 6.15. The molecule has 0 aromatic rings. The van der Waals surface area contributed by atoms with Crippen molar-refractivity contribution in [2.75, 3.05) is 26.4 Å². The van der Waals surface area contributed by atoms with E-state index in [1.165, 1.54) is 0 Å². The Kier molecular flexibility index (Phi) is 10.8. The summed E-state index contributed by atoms with van der Waals surface area (Å²) in [5.74, 6) is 0. The minimum atomic E-state index is -1.81. The van der Waals surface area contributed by atoms with Crippen molar-refractivity contribution in [1.29, 1.82) is 0 Å². The molecule has 3 rings (SSSR count). The van der Waals surface area contributed by atoms with E-state index in [0.29, 0.717) is 0 Å². The molecule has 36 heavy (non-hydrogen) atoms. The molecule has 16 heteroatoms. The van der Waals surface area contributed by atoms with Crippen molar-refractivity contribution in [2.45, 2.75) is 99.0 Å². The van der Waals surface area contributed by atoms with Crippen LogP contribution in [0.2, 0.25) is 0 Å². The molecule has 16 nitrogen and oxygen atoms in total. The van der Waals surface area contributed by atoms with Gasteiger partial charge < -0.3 is 79.5 Å². The fourth-order valence-corrected chi connectivity index (χ4v) is 4.23. The van der Waals surface area contributed by atoms with Crippen LogP contribution in [0.5, 0.6) is 0 Å². The molecular weight excluding hydrogens is 496 g/mol. The summed E-state index contributed by atoms with van der Waals surface area (Å²) in [6.45, 7) is -0.241. The Hall–Kier alpha value is -0.640. The van der Waals surface area contributed by atoms with Gasteiger partial charge in [0, 0.05) is 6.61 Å². The minimum absolute atomic E-state index is 0.0743. The molecule has 0 radical (unpaired) electrons. The van der Waals surface area contributed by atoms with E-state index in [2.05, 4.69) is 0 Å². The highest BCUT2D eigenvalue weighted by molar-refractivity contribution is 4.95. The van der Waals surface area contributed by atoms with Crippen molar-refractivity contribution in [3.05, 3.63) is 0 Å². The predicted molar refractivity (Wildman–Crippen MR) is 111 cm³/mol. The summed E-state index contributed by atoms with van der Waals surface area (Å²) < 4.78 is 32.4. The second-order valence-corrected chi connectivity index (χ2v) is 8.81. The van der Waals surface area contributed by atoms with Gasteiger partial charge in [-0.05, 0) is 6.92 Å². The predicted octanol–water partition coefficient (Wildman–Crippen LogP) is -6.53. The van der Waals surface area contributed by atoms with Crippen molar-refractivity contribution in [1.82, 2.24) is 0 Å². The van der Waals surface area contributed by atoms with Crippen LogP contribution in [0, 0.1) is 0 Å². The Morgan fingerprint density at radius 2 is 1.00 bits per heavy atom. The van der Waals surface area contributed by atoms with Crippen molar-refractivity contribution >= 4 is 0 Å².